The SMILES string of the molecule is CC1CC(Oc2ccnc(N)n2)CC(C)O1. The fraction of sp³-hybridized carbons (Fsp3) is 0.636. The maximum Gasteiger partial charge on any atom is 0.223 e. The largest absolute Gasteiger partial charge is 0.474 e. The van der Waals surface area contributed by atoms with Crippen LogP contribution in [0.1, 0.15) is 26.7 Å². The van der Waals surface area contributed by atoms with Crippen molar-refractivity contribution in [1.29, 1.82) is 0 Å². The molecule has 1 aromatic rings. The number of ether oxygens (including phenoxy) is 2. The number of nitrogens with zero attached hydrogens (tertiary/aromatic N) is 2. The number of aromatic nitrogens is 2. The molecule has 1 aliphatic rings. The van der Waals surface area contributed by atoms with E-state index >= 15 is 0 Å². The van der Waals surface area contributed by atoms with Gasteiger partial charge in [0.25, 0.3) is 0 Å². The average molecular weight is 223 g/mol. The Morgan fingerprint density at radius 1 is 1.38 bits per heavy atom. The second-order valence-corrected chi connectivity index (χ2v) is 4.22. The first kappa shape index (κ1) is 11.1. The quantitative estimate of drug-likeness (QED) is 0.820. The first-order valence-corrected chi connectivity index (χ1v) is 5.54. The fourth-order valence-corrected chi connectivity index (χ4v) is 2.03. The molecule has 0 aromatic carbocycles. The standard InChI is InChI=1S/C11H17N3O2/c1-7-5-9(6-8(2)15-7)16-10-3-4-13-11(12)14-10/h3-4,7-9H,5-6H2,1-2H3,(H2,12,13,14). The summed E-state index contributed by atoms with van der Waals surface area (Å²) in [5.41, 5.74) is 5.49. The number of nitrogen functional groups attached to an aromatic ring is 1. The molecule has 2 unspecified atom stereocenters. The van der Waals surface area contributed by atoms with Crippen LogP contribution in [-0.4, -0.2) is 28.3 Å². The summed E-state index contributed by atoms with van der Waals surface area (Å²) in [4.78, 5) is 7.85. The molecule has 0 bridgehead atoms. The van der Waals surface area contributed by atoms with Gasteiger partial charge in [0.15, 0.2) is 0 Å². The van der Waals surface area contributed by atoms with Gasteiger partial charge in [-0.3, -0.25) is 0 Å². The van der Waals surface area contributed by atoms with Gasteiger partial charge < -0.3 is 15.2 Å². The lowest BCUT2D eigenvalue weighted by atomic mass is 10.0. The minimum Gasteiger partial charge on any atom is -0.474 e. The molecule has 1 aromatic heterocycles. The van der Waals surface area contributed by atoms with Crippen molar-refractivity contribution in [2.75, 3.05) is 5.73 Å². The maximum atomic E-state index is 5.77. The summed E-state index contributed by atoms with van der Waals surface area (Å²) < 4.78 is 11.4. The summed E-state index contributed by atoms with van der Waals surface area (Å²) in [5, 5.41) is 0. The molecule has 1 saturated heterocycles. The van der Waals surface area contributed by atoms with Crippen molar-refractivity contribution in [2.24, 2.45) is 0 Å². The molecule has 2 heterocycles. The van der Waals surface area contributed by atoms with E-state index in [0.717, 1.165) is 12.8 Å². The lowest BCUT2D eigenvalue weighted by molar-refractivity contribution is -0.0729. The molecule has 1 fully saturated rings. The van der Waals surface area contributed by atoms with Gasteiger partial charge in [0.05, 0.1) is 12.2 Å². The molecule has 0 aliphatic carbocycles. The van der Waals surface area contributed by atoms with E-state index in [1.54, 1.807) is 12.3 Å². The highest BCUT2D eigenvalue weighted by Crippen LogP contribution is 2.23. The lowest BCUT2D eigenvalue weighted by Gasteiger charge is -2.31. The van der Waals surface area contributed by atoms with Gasteiger partial charge in [-0.15, -0.1) is 0 Å². The zero-order chi connectivity index (χ0) is 11.5. The Bertz CT molecular complexity index is 349. The minimum atomic E-state index is 0.146. The topological polar surface area (TPSA) is 70.3 Å². The number of rotatable bonds is 2. The molecule has 2 atom stereocenters. The molecule has 1 aliphatic heterocycles. The van der Waals surface area contributed by atoms with Gasteiger partial charge in [0.2, 0.25) is 11.8 Å². The van der Waals surface area contributed by atoms with E-state index in [-0.39, 0.29) is 24.3 Å². The Labute approximate surface area is 95.0 Å². The van der Waals surface area contributed by atoms with E-state index in [9.17, 15) is 0 Å². The Morgan fingerprint density at radius 2 is 2.06 bits per heavy atom. The van der Waals surface area contributed by atoms with Crippen molar-refractivity contribution in [3.05, 3.63) is 12.3 Å². The van der Waals surface area contributed by atoms with Crippen molar-refractivity contribution >= 4 is 5.95 Å². The molecule has 0 saturated carbocycles. The molecule has 88 valence electrons. The third-order valence-corrected chi connectivity index (χ3v) is 2.59. The molecule has 0 amide bonds. The molecule has 5 heteroatoms. The third kappa shape index (κ3) is 2.82. The summed E-state index contributed by atoms with van der Waals surface area (Å²) in [6.45, 7) is 4.11. The molecule has 2 rings (SSSR count). The van der Waals surface area contributed by atoms with Crippen molar-refractivity contribution in [2.45, 2.75) is 45.0 Å². The summed E-state index contributed by atoms with van der Waals surface area (Å²) in [7, 11) is 0. The van der Waals surface area contributed by atoms with Crippen molar-refractivity contribution in [3.8, 4) is 5.88 Å². The summed E-state index contributed by atoms with van der Waals surface area (Å²) >= 11 is 0. The second kappa shape index (κ2) is 4.65. The maximum absolute atomic E-state index is 5.77. The normalized spacial score (nSPS) is 30.0. The number of nitrogens with two attached hydrogens (primary N) is 1. The average Bonchev–Trinajstić information content (AvgIpc) is 2.15. The van der Waals surface area contributed by atoms with Gasteiger partial charge in [0.1, 0.15) is 6.10 Å². The van der Waals surface area contributed by atoms with Crippen LogP contribution in [0.4, 0.5) is 5.95 Å². The Kier molecular flexibility index (Phi) is 3.24. The van der Waals surface area contributed by atoms with Gasteiger partial charge >= 0.3 is 0 Å². The van der Waals surface area contributed by atoms with Gasteiger partial charge in [-0.05, 0) is 13.8 Å². The van der Waals surface area contributed by atoms with Crippen molar-refractivity contribution in [1.82, 2.24) is 9.97 Å². The van der Waals surface area contributed by atoms with Crippen LogP contribution in [-0.2, 0) is 4.74 Å². The van der Waals surface area contributed by atoms with Crippen LogP contribution in [0, 0.1) is 0 Å². The summed E-state index contributed by atoms with van der Waals surface area (Å²) in [6, 6.07) is 1.72. The van der Waals surface area contributed by atoms with Crippen LogP contribution < -0.4 is 10.5 Å². The lowest BCUT2D eigenvalue weighted by Crippen LogP contribution is -2.35. The minimum absolute atomic E-state index is 0.146. The Hall–Kier alpha value is -1.36. The fourth-order valence-electron chi connectivity index (χ4n) is 2.03. The Morgan fingerprint density at radius 3 is 2.69 bits per heavy atom. The van der Waals surface area contributed by atoms with Crippen molar-refractivity contribution in [3.63, 3.8) is 0 Å². The smallest absolute Gasteiger partial charge is 0.223 e. The third-order valence-electron chi connectivity index (χ3n) is 2.59. The van der Waals surface area contributed by atoms with Gasteiger partial charge in [-0.1, -0.05) is 0 Å². The van der Waals surface area contributed by atoms with Crippen LogP contribution in [0.5, 0.6) is 5.88 Å². The van der Waals surface area contributed by atoms with E-state index in [1.165, 1.54) is 0 Å². The van der Waals surface area contributed by atoms with Gasteiger partial charge in [0, 0.05) is 25.1 Å². The number of hydrogen-bond donors (Lipinski definition) is 1. The van der Waals surface area contributed by atoms with E-state index in [0.29, 0.717) is 5.88 Å². The molecule has 5 nitrogen and oxygen atoms in total. The van der Waals surface area contributed by atoms with Crippen LogP contribution >= 0.6 is 0 Å². The van der Waals surface area contributed by atoms with Crippen molar-refractivity contribution < 1.29 is 9.47 Å². The second-order valence-electron chi connectivity index (χ2n) is 4.22. The van der Waals surface area contributed by atoms with E-state index in [1.807, 2.05) is 0 Å². The van der Waals surface area contributed by atoms with Crippen LogP contribution in [0.25, 0.3) is 0 Å². The predicted molar refractivity (Wildman–Crippen MR) is 60.1 cm³/mol. The first-order chi connectivity index (χ1) is 7.63. The number of anilines is 1. The molecule has 0 spiro atoms. The molecular weight excluding hydrogens is 206 g/mol. The summed E-state index contributed by atoms with van der Waals surface area (Å²) in [5.74, 6) is 0.782. The monoisotopic (exact) mass is 223 g/mol. The summed E-state index contributed by atoms with van der Waals surface area (Å²) in [6.07, 6.45) is 3.97. The molecule has 0 radical (unpaired) electrons. The highest BCUT2D eigenvalue weighted by atomic mass is 16.5. The Balaban J connectivity index is 1.98. The number of hydrogen-bond acceptors (Lipinski definition) is 5. The highest BCUT2D eigenvalue weighted by Gasteiger charge is 2.26. The van der Waals surface area contributed by atoms with Gasteiger partial charge in [-0.2, -0.15) is 4.98 Å². The van der Waals surface area contributed by atoms with E-state index < -0.39 is 0 Å². The molecule has 2 N–H and O–H groups in total. The zero-order valence-electron chi connectivity index (χ0n) is 9.59. The van der Waals surface area contributed by atoms with Gasteiger partial charge in [-0.25, -0.2) is 4.98 Å². The molecular formula is C11H17N3O2. The van der Waals surface area contributed by atoms with Crippen LogP contribution in [0.3, 0.4) is 0 Å². The van der Waals surface area contributed by atoms with E-state index in [2.05, 4.69) is 23.8 Å². The first-order valence-electron chi connectivity index (χ1n) is 5.54. The zero-order valence-corrected chi connectivity index (χ0v) is 9.59. The molecule has 16 heavy (non-hydrogen) atoms. The highest BCUT2D eigenvalue weighted by molar-refractivity contribution is 5.20. The van der Waals surface area contributed by atoms with Crippen LogP contribution in [0.2, 0.25) is 0 Å². The van der Waals surface area contributed by atoms with Crippen LogP contribution in [0.15, 0.2) is 12.3 Å². The predicted octanol–water partition coefficient (Wildman–Crippen LogP) is 1.39. The van der Waals surface area contributed by atoms with E-state index in [4.69, 9.17) is 15.2 Å².